The van der Waals surface area contributed by atoms with Gasteiger partial charge in [-0.05, 0) is 51.3 Å². The van der Waals surface area contributed by atoms with Gasteiger partial charge >= 0.3 is 0 Å². The van der Waals surface area contributed by atoms with Crippen LogP contribution in [0.15, 0.2) is 23.2 Å². The second-order valence-corrected chi connectivity index (χ2v) is 7.33. The van der Waals surface area contributed by atoms with Crippen LogP contribution in [0.4, 0.5) is 0 Å². The van der Waals surface area contributed by atoms with Gasteiger partial charge in [-0.3, -0.25) is 9.79 Å². The first-order valence-corrected chi connectivity index (χ1v) is 8.66. The Kier molecular flexibility index (Phi) is 8.36. The van der Waals surface area contributed by atoms with Gasteiger partial charge in [-0.1, -0.05) is 29.3 Å². The number of halogens is 2. The van der Waals surface area contributed by atoms with Crippen LogP contribution in [0.2, 0.25) is 10.0 Å². The highest BCUT2D eigenvalue weighted by Crippen LogP contribution is 2.21. The lowest BCUT2D eigenvalue weighted by molar-refractivity contribution is -0.121. The van der Waals surface area contributed by atoms with Crippen molar-refractivity contribution in [3.63, 3.8) is 0 Å². The summed E-state index contributed by atoms with van der Waals surface area (Å²) in [5.41, 5.74) is 0.823. The molecule has 1 aromatic rings. The van der Waals surface area contributed by atoms with Crippen molar-refractivity contribution in [2.45, 2.75) is 39.2 Å². The number of nitrogens with one attached hydrogen (secondary N) is 3. The van der Waals surface area contributed by atoms with Crippen LogP contribution in [0, 0.1) is 0 Å². The standard InChI is InChI=1S/C17H26Cl2N4O/c1-17(2,3)23-15(24)11-22-16(20-4)21-9-5-6-12-7-8-13(18)10-14(12)19/h7-8,10H,5-6,9,11H2,1-4H3,(H,23,24)(H2,20,21,22). The van der Waals surface area contributed by atoms with Crippen molar-refractivity contribution in [2.24, 2.45) is 4.99 Å². The Morgan fingerprint density at radius 1 is 1.21 bits per heavy atom. The van der Waals surface area contributed by atoms with Gasteiger partial charge in [0, 0.05) is 29.2 Å². The van der Waals surface area contributed by atoms with Crippen LogP contribution in [0.3, 0.4) is 0 Å². The molecule has 1 amide bonds. The summed E-state index contributed by atoms with van der Waals surface area (Å²) in [6.45, 7) is 6.74. The number of guanidine groups is 1. The third-order valence-corrected chi connectivity index (χ3v) is 3.67. The van der Waals surface area contributed by atoms with Gasteiger partial charge in [0.1, 0.15) is 0 Å². The first kappa shape index (κ1) is 20.6. The van der Waals surface area contributed by atoms with Crippen molar-refractivity contribution >= 4 is 35.1 Å². The Labute approximate surface area is 154 Å². The molecular weight excluding hydrogens is 347 g/mol. The zero-order valence-corrected chi connectivity index (χ0v) is 16.2. The Balaban J connectivity index is 2.30. The summed E-state index contributed by atoms with van der Waals surface area (Å²) in [5, 5.41) is 10.4. The fraction of sp³-hybridized carbons (Fsp3) is 0.529. The molecule has 0 atom stereocenters. The van der Waals surface area contributed by atoms with Crippen LogP contribution in [0.25, 0.3) is 0 Å². The third-order valence-electron chi connectivity index (χ3n) is 3.08. The average Bonchev–Trinajstić information content (AvgIpc) is 2.46. The molecular formula is C17H26Cl2N4O. The zero-order valence-electron chi connectivity index (χ0n) is 14.7. The van der Waals surface area contributed by atoms with Crippen molar-refractivity contribution in [3.05, 3.63) is 33.8 Å². The number of carbonyl (C=O) groups is 1. The van der Waals surface area contributed by atoms with E-state index < -0.39 is 0 Å². The van der Waals surface area contributed by atoms with E-state index in [9.17, 15) is 4.79 Å². The summed E-state index contributed by atoms with van der Waals surface area (Å²) >= 11 is 12.0. The van der Waals surface area contributed by atoms with Gasteiger partial charge in [-0.15, -0.1) is 0 Å². The smallest absolute Gasteiger partial charge is 0.239 e. The molecule has 0 spiro atoms. The monoisotopic (exact) mass is 372 g/mol. The van der Waals surface area contributed by atoms with Crippen LogP contribution in [-0.4, -0.2) is 37.5 Å². The van der Waals surface area contributed by atoms with Gasteiger partial charge in [0.15, 0.2) is 5.96 Å². The van der Waals surface area contributed by atoms with Crippen LogP contribution < -0.4 is 16.0 Å². The third kappa shape index (κ3) is 8.41. The molecule has 3 N–H and O–H groups in total. The summed E-state index contributed by atoms with van der Waals surface area (Å²) in [4.78, 5) is 15.9. The highest BCUT2D eigenvalue weighted by Gasteiger charge is 2.13. The molecule has 0 bridgehead atoms. The minimum atomic E-state index is -0.242. The molecule has 5 nitrogen and oxygen atoms in total. The van der Waals surface area contributed by atoms with Gasteiger partial charge in [0.05, 0.1) is 6.54 Å². The minimum absolute atomic E-state index is 0.0709. The van der Waals surface area contributed by atoms with Gasteiger partial charge in [-0.2, -0.15) is 0 Å². The first-order valence-electron chi connectivity index (χ1n) is 7.91. The Morgan fingerprint density at radius 3 is 2.50 bits per heavy atom. The number of aliphatic imine (C=N–C) groups is 1. The topological polar surface area (TPSA) is 65.5 Å². The predicted molar refractivity (Wildman–Crippen MR) is 102 cm³/mol. The van der Waals surface area contributed by atoms with Crippen LogP contribution in [0.5, 0.6) is 0 Å². The number of amides is 1. The van der Waals surface area contributed by atoms with Gasteiger partial charge in [0.25, 0.3) is 0 Å². The van der Waals surface area contributed by atoms with Crippen LogP contribution in [0.1, 0.15) is 32.8 Å². The number of rotatable bonds is 6. The van der Waals surface area contributed by atoms with Crippen LogP contribution >= 0.6 is 23.2 Å². The summed E-state index contributed by atoms with van der Waals surface area (Å²) in [5.74, 6) is 0.527. The molecule has 0 unspecified atom stereocenters. The highest BCUT2D eigenvalue weighted by atomic mass is 35.5. The van der Waals surface area contributed by atoms with Crippen molar-refractivity contribution < 1.29 is 4.79 Å². The van der Waals surface area contributed by atoms with Gasteiger partial charge in [-0.25, -0.2) is 0 Å². The maximum absolute atomic E-state index is 11.8. The Hall–Kier alpha value is -1.46. The second-order valence-electron chi connectivity index (χ2n) is 6.49. The fourth-order valence-corrected chi connectivity index (χ4v) is 2.56. The number of hydrogen-bond donors (Lipinski definition) is 3. The molecule has 0 aliphatic carbocycles. The maximum Gasteiger partial charge on any atom is 0.239 e. The quantitative estimate of drug-likeness (QED) is 0.408. The Morgan fingerprint density at radius 2 is 1.92 bits per heavy atom. The van der Waals surface area contributed by atoms with Crippen LogP contribution in [-0.2, 0) is 11.2 Å². The van der Waals surface area contributed by atoms with E-state index in [4.69, 9.17) is 23.2 Å². The lowest BCUT2D eigenvalue weighted by atomic mass is 10.1. The molecule has 0 saturated heterocycles. The summed E-state index contributed by atoms with van der Waals surface area (Å²) < 4.78 is 0. The van der Waals surface area contributed by atoms with E-state index in [0.717, 1.165) is 24.9 Å². The normalized spacial score (nSPS) is 12.0. The molecule has 0 heterocycles. The molecule has 0 radical (unpaired) electrons. The number of hydrogen-bond acceptors (Lipinski definition) is 2. The van der Waals surface area contributed by atoms with E-state index in [1.54, 1.807) is 13.1 Å². The lowest BCUT2D eigenvalue weighted by Crippen LogP contribution is -2.48. The molecule has 24 heavy (non-hydrogen) atoms. The van der Waals surface area contributed by atoms with E-state index in [2.05, 4.69) is 20.9 Å². The molecule has 1 rings (SSSR count). The maximum atomic E-state index is 11.8. The van der Waals surface area contributed by atoms with E-state index in [1.165, 1.54) is 0 Å². The zero-order chi connectivity index (χ0) is 18.2. The van der Waals surface area contributed by atoms with Crippen molar-refractivity contribution in [3.8, 4) is 0 Å². The molecule has 0 aromatic heterocycles. The Bertz CT molecular complexity index is 582. The summed E-state index contributed by atoms with van der Waals surface area (Å²) in [7, 11) is 1.67. The summed E-state index contributed by atoms with van der Waals surface area (Å²) in [6, 6.07) is 5.53. The molecule has 1 aromatic carbocycles. The van der Waals surface area contributed by atoms with Gasteiger partial charge < -0.3 is 16.0 Å². The number of benzene rings is 1. The van der Waals surface area contributed by atoms with E-state index in [0.29, 0.717) is 16.0 Å². The number of carbonyl (C=O) groups excluding carboxylic acids is 1. The highest BCUT2D eigenvalue weighted by molar-refractivity contribution is 6.35. The number of aryl methyl sites for hydroxylation is 1. The second kappa shape index (κ2) is 9.74. The van der Waals surface area contributed by atoms with E-state index in [-0.39, 0.29) is 18.0 Å². The van der Waals surface area contributed by atoms with Crippen molar-refractivity contribution in [1.29, 1.82) is 0 Å². The molecule has 0 aliphatic heterocycles. The first-order chi connectivity index (χ1) is 11.2. The largest absolute Gasteiger partial charge is 0.356 e. The minimum Gasteiger partial charge on any atom is -0.356 e. The average molecular weight is 373 g/mol. The predicted octanol–water partition coefficient (Wildman–Crippen LogP) is 3.01. The van der Waals surface area contributed by atoms with Crippen molar-refractivity contribution in [2.75, 3.05) is 20.1 Å². The van der Waals surface area contributed by atoms with Crippen molar-refractivity contribution in [1.82, 2.24) is 16.0 Å². The molecule has 0 fully saturated rings. The molecule has 134 valence electrons. The van der Waals surface area contributed by atoms with Gasteiger partial charge in [0.2, 0.25) is 5.91 Å². The summed E-state index contributed by atoms with van der Waals surface area (Å²) in [6.07, 6.45) is 1.72. The fourth-order valence-electron chi connectivity index (χ4n) is 2.06. The number of nitrogens with zero attached hydrogens (tertiary/aromatic N) is 1. The van der Waals surface area contributed by atoms with E-state index >= 15 is 0 Å². The lowest BCUT2D eigenvalue weighted by Gasteiger charge is -2.21. The SMILES string of the molecule is CN=C(NCCCc1ccc(Cl)cc1Cl)NCC(=O)NC(C)(C)C. The molecule has 7 heteroatoms. The molecule has 0 saturated carbocycles. The van der Waals surface area contributed by atoms with E-state index in [1.807, 2.05) is 32.9 Å². The molecule has 0 aliphatic rings.